The van der Waals surface area contributed by atoms with Crippen molar-refractivity contribution in [1.29, 1.82) is 0 Å². The minimum absolute atomic E-state index is 0.0356. The lowest BCUT2D eigenvalue weighted by atomic mass is 10.1. The predicted octanol–water partition coefficient (Wildman–Crippen LogP) is 3.92. The van der Waals surface area contributed by atoms with Crippen LogP contribution in [0.5, 0.6) is 0 Å². The summed E-state index contributed by atoms with van der Waals surface area (Å²) >= 11 is 1.52. The van der Waals surface area contributed by atoms with Gasteiger partial charge in [0.2, 0.25) is 0 Å². The normalized spacial score (nSPS) is 12.2. The van der Waals surface area contributed by atoms with Gasteiger partial charge < -0.3 is 10.0 Å². The molecule has 106 valence electrons. The standard InChI is InChI=1S/C14H13F2NO2S/c1-8(11-4-3-7-20-11)17(2)10-6-5-9(14(18)19)12(15)13(10)16/h3-8H,1-2H3,(H,18,19). The lowest BCUT2D eigenvalue weighted by Gasteiger charge is -2.26. The summed E-state index contributed by atoms with van der Waals surface area (Å²) in [6, 6.07) is 6.01. The van der Waals surface area contributed by atoms with Gasteiger partial charge in [0.05, 0.1) is 17.3 Å². The summed E-state index contributed by atoms with van der Waals surface area (Å²) in [5.41, 5.74) is -0.628. The van der Waals surface area contributed by atoms with Gasteiger partial charge >= 0.3 is 5.97 Å². The van der Waals surface area contributed by atoms with Crippen molar-refractivity contribution >= 4 is 23.0 Å². The topological polar surface area (TPSA) is 40.5 Å². The van der Waals surface area contributed by atoms with Gasteiger partial charge in [-0.3, -0.25) is 0 Å². The van der Waals surface area contributed by atoms with Gasteiger partial charge in [-0.15, -0.1) is 11.3 Å². The summed E-state index contributed by atoms with van der Waals surface area (Å²) < 4.78 is 27.7. The van der Waals surface area contributed by atoms with Crippen molar-refractivity contribution in [2.24, 2.45) is 0 Å². The fraction of sp³-hybridized carbons (Fsp3) is 0.214. The Kier molecular flexibility index (Phi) is 4.04. The second-order valence-electron chi connectivity index (χ2n) is 4.37. The molecule has 2 rings (SSSR count). The van der Waals surface area contributed by atoms with E-state index in [4.69, 9.17) is 5.11 Å². The molecular formula is C14H13F2NO2S. The monoisotopic (exact) mass is 297 g/mol. The zero-order valence-corrected chi connectivity index (χ0v) is 11.7. The van der Waals surface area contributed by atoms with Gasteiger partial charge in [-0.2, -0.15) is 0 Å². The first-order chi connectivity index (χ1) is 9.43. The van der Waals surface area contributed by atoms with Crippen molar-refractivity contribution in [2.45, 2.75) is 13.0 Å². The highest BCUT2D eigenvalue weighted by atomic mass is 32.1. The summed E-state index contributed by atoms with van der Waals surface area (Å²) in [5, 5.41) is 10.7. The molecule has 0 amide bonds. The molecule has 2 aromatic rings. The predicted molar refractivity (Wildman–Crippen MR) is 74.5 cm³/mol. The smallest absolute Gasteiger partial charge is 0.338 e. The summed E-state index contributed by atoms with van der Waals surface area (Å²) in [6.45, 7) is 1.87. The third-order valence-corrected chi connectivity index (χ3v) is 4.25. The molecule has 1 unspecified atom stereocenters. The molecule has 6 heteroatoms. The first-order valence-electron chi connectivity index (χ1n) is 5.91. The van der Waals surface area contributed by atoms with Crippen LogP contribution in [0.2, 0.25) is 0 Å². The molecule has 0 aliphatic heterocycles. The van der Waals surface area contributed by atoms with E-state index in [0.29, 0.717) is 0 Å². The number of benzene rings is 1. The highest BCUT2D eigenvalue weighted by molar-refractivity contribution is 7.10. The third-order valence-electron chi connectivity index (χ3n) is 3.21. The van der Waals surface area contributed by atoms with Crippen molar-refractivity contribution < 1.29 is 18.7 Å². The van der Waals surface area contributed by atoms with Crippen LogP contribution in [-0.2, 0) is 0 Å². The van der Waals surface area contributed by atoms with E-state index in [2.05, 4.69) is 0 Å². The highest BCUT2D eigenvalue weighted by Crippen LogP contribution is 2.31. The molecule has 0 saturated heterocycles. The SMILES string of the molecule is CC(c1cccs1)N(C)c1ccc(C(=O)O)c(F)c1F. The van der Waals surface area contributed by atoms with Crippen LogP contribution in [0, 0.1) is 11.6 Å². The zero-order chi connectivity index (χ0) is 14.9. The summed E-state index contributed by atoms with van der Waals surface area (Å²) in [6.07, 6.45) is 0. The number of anilines is 1. The molecule has 1 N–H and O–H groups in total. The molecule has 1 aromatic carbocycles. The number of hydrogen-bond donors (Lipinski definition) is 1. The van der Waals surface area contributed by atoms with Crippen LogP contribution in [0.1, 0.15) is 28.2 Å². The third kappa shape index (κ3) is 2.51. The lowest BCUT2D eigenvalue weighted by molar-refractivity contribution is 0.0690. The van der Waals surface area contributed by atoms with E-state index < -0.39 is 23.2 Å². The molecule has 0 aliphatic rings. The van der Waals surface area contributed by atoms with E-state index in [-0.39, 0.29) is 11.7 Å². The van der Waals surface area contributed by atoms with Gasteiger partial charge in [-0.1, -0.05) is 6.07 Å². The molecule has 1 aromatic heterocycles. The number of thiophene rings is 1. The largest absolute Gasteiger partial charge is 0.478 e. The van der Waals surface area contributed by atoms with Crippen molar-refractivity contribution in [3.63, 3.8) is 0 Å². The quantitative estimate of drug-likeness (QED) is 0.929. The van der Waals surface area contributed by atoms with Crippen LogP contribution < -0.4 is 4.90 Å². The molecule has 0 saturated carbocycles. The summed E-state index contributed by atoms with van der Waals surface area (Å²) in [7, 11) is 1.64. The fourth-order valence-electron chi connectivity index (χ4n) is 1.91. The number of halogens is 2. The molecule has 1 atom stereocenters. The average Bonchev–Trinajstić information content (AvgIpc) is 2.93. The van der Waals surface area contributed by atoms with Crippen LogP contribution in [0.4, 0.5) is 14.5 Å². The Morgan fingerprint density at radius 2 is 2.00 bits per heavy atom. The first-order valence-corrected chi connectivity index (χ1v) is 6.79. The molecule has 0 fully saturated rings. The Labute approximate surface area is 119 Å². The Hall–Kier alpha value is -1.95. The number of carboxylic acid groups (broad SMARTS) is 1. The first kappa shape index (κ1) is 14.5. The number of aromatic carboxylic acids is 1. The molecule has 0 bridgehead atoms. The molecular weight excluding hydrogens is 284 g/mol. The van der Waals surface area contributed by atoms with E-state index in [1.165, 1.54) is 17.4 Å². The van der Waals surface area contributed by atoms with E-state index in [1.807, 2.05) is 24.4 Å². The minimum atomic E-state index is -1.48. The van der Waals surface area contributed by atoms with Crippen LogP contribution in [0.15, 0.2) is 29.6 Å². The highest BCUT2D eigenvalue weighted by Gasteiger charge is 2.22. The van der Waals surface area contributed by atoms with Crippen molar-refractivity contribution in [2.75, 3.05) is 11.9 Å². The molecule has 20 heavy (non-hydrogen) atoms. The maximum Gasteiger partial charge on any atom is 0.338 e. The number of carbonyl (C=O) groups is 1. The number of carboxylic acids is 1. The van der Waals surface area contributed by atoms with Gasteiger partial charge in [-0.25, -0.2) is 13.6 Å². The number of hydrogen-bond acceptors (Lipinski definition) is 3. The molecule has 3 nitrogen and oxygen atoms in total. The van der Waals surface area contributed by atoms with E-state index in [1.54, 1.807) is 11.9 Å². The maximum atomic E-state index is 14.0. The van der Waals surface area contributed by atoms with Crippen LogP contribution in [0.3, 0.4) is 0 Å². The fourth-order valence-corrected chi connectivity index (χ4v) is 2.73. The van der Waals surface area contributed by atoms with Crippen LogP contribution in [-0.4, -0.2) is 18.1 Å². The number of nitrogens with zero attached hydrogens (tertiary/aromatic N) is 1. The maximum absolute atomic E-state index is 14.0. The Morgan fingerprint density at radius 1 is 1.30 bits per heavy atom. The molecule has 0 spiro atoms. The zero-order valence-electron chi connectivity index (χ0n) is 10.9. The van der Waals surface area contributed by atoms with Crippen molar-refractivity contribution in [3.05, 3.63) is 51.7 Å². The van der Waals surface area contributed by atoms with Gasteiger partial charge in [-0.05, 0) is 30.5 Å². The van der Waals surface area contributed by atoms with Gasteiger partial charge in [0.15, 0.2) is 11.6 Å². The minimum Gasteiger partial charge on any atom is -0.478 e. The van der Waals surface area contributed by atoms with Crippen molar-refractivity contribution in [3.8, 4) is 0 Å². The van der Waals surface area contributed by atoms with Gasteiger partial charge in [0, 0.05) is 11.9 Å². The van der Waals surface area contributed by atoms with Crippen LogP contribution >= 0.6 is 11.3 Å². The van der Waals surface area contributed by atoms with E-state index >= 15 is 0 Å². The molecule has 0 aliphatic carbocycles. The Bertz CT molecular complexity index is 628. The second kappa shape index (κ2) is 5.58. The second-order valence-corrected chi connectivity index (χ2v) is 5.35. The molecule has 0 radical (unpaired) electrons. The molecule has 1 heterocycles. The Morgan fingerprint density at radius 3 is 2.55 bits per heavy atom. The summed E-state index contributed by atoms with van der Waals surface area (Å²) in [5.74, 6) is -3.96. The average molecular weight is 297 g/mol. The van der Waals surface area contributed by atoms with Crippen LogP contribution in [0.25, 0.3) is 0 Å². The number of rotatable bonds is 4. The van der Waals surface area contributed by atoms with E-state index in [9.17, 15) is 13.6 Å². The van der Waals surface area contributed by atoms with Gasteiger partial charge in [0.1, 0.15) is 0 Å². The Balaban J connectivity index is 2.38. The van der Waals surface area contributed by atoms with Gasteiger partial charge in [0.25, 0.3) is 0 Å². The van der Waals surface area contributed by atoms with Crippen molar-refractivity contribution in [1.82, 2.24) is 0 Å². The van der Waals surface area contributed by atoms with E-state index in [0.717, 1.165) is 10.9 Å². The lowest BCUT2D eigenvalue weighted by Crippen LogP contribution is -2.22. The summed E-state index contributed by atoms with van der Waals surface area (Å²) in [4.78, 5) is 13.3.